The van der Waals surface area contributed by atoms with Gasteiger partial charge in [0.2, 0.25) is 11.8 Å². The van der Waals surface area contributed by atoms with Gasteiger partial charge in [-0.25, -0.2) is 4.79 Å². The van der Waals surface area contributed by atoms with Crippen LogP contribution >= 0.6 is 0 Å². The summed E-state index contributed by atoms with van der Waals surface area (Å²) in [6.45, 7) is 3.58. The van der Waals surface area contributed by atoms with Crippen molar-refractivity contribution in [3.8, 4) is 5.75 Å². The highest BCUT2D eigenvalue weighted by Crippen LogP contribution is 2.30. The van der Waals surface area contributed by atoms with Crippen LogP contribution in [0.3, 0.4) is 0 Å². The van der Waals surface area contributed by atoms with Gasteiger partial charge in [0.25, 0.3) is 0 Å². The molecule has 4 amide bonds. The number of carbonyl (C=O) groups excluding carboxylic acids is 3. The van der Waals surface area contributed by atoms with Crippen molar-refractivity contribution >= 4 is 17.8 Å². The highest BCUT2D eigenvalue weighted by Gasteiger charge is 2.52. The van der Waals surface area contributed by atoms with Gasteiger partial charge in [0.1, 0.15) is 18.0 Å². The summed E-state index contributed by atoms with van der Waals surface area (Å²) in [6, 6.07) is 26.2. The zero-order valence-electron chi connectivity index (χ0n) is 23.6. The van der Waals surface area contributed by atoms with Crippen molar-refractivity contribution in [2.24, 2.45) is 0 Å². The van der Waals surface area contributed by atoms with E-state index in [1.807, 2.05) is 102 Å². The molecule has 2 heterocycles. The number of fused-ring (bicyclic) bond motifs is 1. The monoisotopic (exact) mass is 555 g/mol. The number of methoxy groups -OCH3 is 1. The molecule has 1 N–H and O–H groups in total. The van der Waals surface area contributed by atoms with E-state index < -0.39 is 12.2 Å². The number of rotatable bonds is 10. The van der Waals surface area contributed by atoms with E-state index in [0.717, 1.165) is 28.9 Å². The molecule has 2 saturated heterocycles. The lowest BCUT2D eigenvalue weighted by Gasteiger charge is -2.46. The molecule has 3 aromatic rings. The van der Waals surface area contributed by atoms with Gasteiger partial charge in [-0.3, -0.25) is 14.6 Å². The fourth-order valence-electron chi connectivity index (χ4n) is 5.60. The molecule has 9 heteroatoms. The van der Waals surface area contributed by atoms with Gasteiger partial charge in [-0.1, -0.05) is 79.7 Å². The second-order valence-corrected chi connectivity index (χ2v) is 10.4. The second kappa shape index (κ2) is 12.9. The first-order valence-electron chi connectivity index (χ1n) is 14.1. The van der Waals surface area contributed by atoms with Crippen LogP contribution in [0.5, 0.6) is 5.75 Å². The number of urea groups is 1. The van der Waals surface area contributed by atoms with E-state index in [0.29, 0.717) is 32.6 Å². The van der Waals surface area contributed by atoms with E-state index in [2.05, 4.69) is 5.32 Å². The van der Waals surface area contributed by atoms with Crippen molar-refractivity contribution < 1.29 is 19.1 Å². The molecule has 5 rings (SSSR count). The van der Waals surface area contributed by atoms with Gasteiger partial charge in [0, 0.05) is 26.1 Å². The average Bonchev–Trinajstić information content (AvgIpc) is 3.33. The van der Waals surface area contributed by atoms with Crippen molar-refractivity contribution in [2.45, 2.75) is 45.1 Å². The summed E-state index contributed by atoms with van der Waals surface area (Å²) in [4.78, 5) is 44.5. The van der Waals surface area contributed by atoms with Gasteiger partial charge in [0.05, 0.1) is 20.2 Å². The molecule has 2 fully saturated rings. The van der Waals surface area contributed by atoms with Gasteiger partial charge in [-0.15, -0.1) is 0 Å². The topological polar surface area (TPSA) is 85.4 Å². The minimum atomic E-state index is -0.664. The van der Waals surface area contributed by atoms with Crippen molar-refractivity contribution in [3.63, 3.8) is 0 Å². The Kier molecular flexibility index (Phi) is 8.84. The maximum atomic E-state index is 13.9. The fraction of sp³-hybridized carbons (Fsp3) is 0.344. The summed E-state index contributed by atoms with van der Waals surface area (Å²) < 4.78 is 5.29. The molecule has 0 aliphatic carbocycles. The first-order chi connectivity index (χ1) is 20.0. The van der Waals surface area contributed by atoms with Crippen LogP contribution in [0.15, 0.2) is 84.9 Å². The highest BCUT2D eigenvalue weighted by molar-refractivity contribution is 5.91. The molecular formula is C32H37N5O4. The number of ether oxygens (including phenoxy) is 1. The summed E-state index contributed by atoms with van der Waals surface area (Å²) in [7, 11) is 1.62. The number of nitrogens with one attached hydrogen (secondary N) is 1. The summed E-state index contributed by atoms with van der Waals surface area (Å²) in [5.74, 6) is 0.508. The average molecular weight is 556 g/mol. The SMILES string of the molecule is CCCN(C(=O)NCc1ccccc1)N1CC(=O)N2[C@@H](Cc3ccccc3)C(=O)N(Cc3ccc(OC)cc3)C[C@@H]21. The minimum Gasteiger partial charge on any atom is -0.497 e. The third-order valence-corrected chi connectivity index (χ3v) is 7.64. The molecular weight excluding hydrogens is 518 g/mol. The van der Waals surface area contributed by atoms with Crippen LogP contribution in [0.1, 0.15) is 30.0 Å². The molecule has 0 unspecified atom stereocenters. The van der Waals surface area contributed by atoms with Gasteiger partial charge in [0.15, 0.2) is 0 Å². The van der Waals surface area contributed by atoms with Gasteiger partial charge in [-0.2, -0.15) is 5.01 Å². The van der Waals surface area contributed by atoms with E-state index in [1.165, 1.54) is 0 Å². The molecule has 2 aliphatic rings. The van der Waals surface area contributed by atoms with Crippen LogP contribution in [-0.4, -0.2) is 76.6 Å². The van der Waals surface area contributed by atoms with Crippen molar-refractivity contribution in [3.05, 3.63) is 102 Å². The molecule has 0 bridgehead atoms. The maximum Gasteiger partial charge on any atom is 0.332 e. The number of carbonyl (C=O) groups is 3. The summed E-state index contributed by atoms with van der Waals surface area (Å²) in [5.41, 5.74) is 2.94. The predicted molar refractivity (Wildman–Crippen MR) is 155 cm³/mol. The van der Waals surface area contributed by atoms with Crippen molar-refractivity contribution in [1.82, 2.24) is 25.1 Å². The maximum absolute atomic E-state index is 13.9. The van der Waals surface area contributed by atoms with Crippen molar-refractivity contribution in [2.75, 3.05) is 26.7 Å². The van der Waals surface area contributed by atoms with E-state index in [-0.39, 0.29) is 24.4 Å². The van der Waals surface area contributed by atoms with Crippen LogP contribution in [-0.2, 0) is 29.1 Å². The van der Waals surface area contributed by atoms with Gasteiger partial charge >= 0.3 is 6.03 Å². The van der Waals surface area contributed by atoms with Crippen LogP contribution in [0.2, 0.25) is 0 Å². The number of hydrazine groups is 1. The molecule has 0 aromatic heterocycles. The summed E-state index contributed by atoms with van der Waals surface area (Å²) in [5, 5.41) is 6.51. The Balaban J connectivity index is 1.42. The zero-order valence-corrected chi connectivity index (χ0v) is 23.6. The molecule has 0 saturated carbocycles. The van der Waals surface area contributed by atoms with Crippen molar-refractivity contribution in [1.29, 1.82) is 0 Å². The largest absolute Gasteiger partial charge is 0.497 e. The quantitative estimate of drug-likeness (QED) is 0.413. The predicted octanol–water partition coefficient (Wildman–Crippen LogP) is 3.66. The zero-order chi connectivity index (χ0) is 28.8. The van der Waals surface area contributed by atoms with E-state index in [4.69, 9.17) is 4.74 Å². The molecule has 41 heavy (non-hydrogen) atoms. The van der Waals surface area contributed by atoms with Gasteiger partial charge in [-0.05, 0) is 35.2 Å². The molecule has 2 aliphatic heterocycles. The number of piperazine rings is 1. The Morgan fingerprint density at radius 2 is 1.59 bits per heavy atom. The Labute approximate surface area is 241 Å². The lowest BCUT2D eigenvalue weighted by atomic mass is 10.00. The lowest BCUT2D eigenvalue weighted by molar-refractivity contribution is -0.157. The Hall–Kier alpha value is -4.37. The lowest BCUT2D eigenvalue weighted by Crippen LogP contribution is -2.66. The van der Waals surface area contributed by atoms with Gasteiger partial charge < -0.3 is 19.9 Å². The molecule has 214 valence electrons. The molecule has 9 nitrogen and oxygen atoms in total. The minimum absolute atomic E-state index is 0.0400. The first kappa shape index (κ1) is 28.2. The molecule has 3 aromatic carbocycles. The van der Waals surface area contributed by atoms with Crippen LogP contribution in [0.25, 0.3) is 0 Å². The third-order valence-electron chi connectivity index (χ3n) is 7.64. The van der Waals surface area contributed by atoms with E-state index >= 15 is 0 Å². The third kappa shape index (κ3) is 6.36. The standard InChI is InChI=1S/C32H37N5O4/c1-3-18-35(32(40)33-20-25-12-8-5-9-13-25)36-23-30(38)37-28(19-24-10-6-4-7-11-24)31(39)34(22-29(36)37)21-26-14-16-27(41-2)17-15-26/h4-17,28-29H,3,18-23H2,1-2H3,(H,33,40)/t28-,29+/m0/s1. The van der Waals surface area contributed by atoms with Crippen LogP contribution in [0, 0.1) is 0 Å². The normalized spacial score (nSPS) is 18.8. The summed E-state index contributed by atoms with van der Waals surface area (Å²) in [6.07, 6.45) is 0.669. The Morgan fingerprint density at radius 3 is 2.22 bits per heavy atom. The second-order valence-electron chi connectivity index (χ2n) is 10.4. The number of benzene rings is 3. The molecule has 0 spiro atoms. The molecule has 2 atom stereocenters. The van der Waals surface area contributed by atoms with Crippen LogP contribution in [0.4, 0.5) is 4.79 Å². The Bertz CT molecular complexity index is 1340. The number of nitrogens with zero attached hydrogens (tertiary/aromatic N) is 4. The van der Waals surface area contributed by atoms with Crippen LogP contribution < -0.4 is 10.1 Å². The molecule has 0 radical (unpaired) electrons. The first-order valence-corrected chi connectivity index (χ1v) is 14.1. The highest BCUT2D eigenvalue weighted by atomic mass is 16.5. The Morgan fingerprint density at radius 1 is 0.927 bits per heavy atom. The van der Waals surface area contributed by atoms with E-state index in [1.54, 1.807) is 17.0 Å². The van der Waals surface area contributed by atoms with E-state index in [9.17, 15) is 14.4 Å². The smallest absolute Gasteiger partial charge is 0.332 e. The summed E-state index contributed by atoms with van der Waals surface area (Å²) >= 11 is 0. The fourth-order valence-corrected chi connectivity index (χ4v) is 5.60. The number of amides is 4. The number of hydrogen-bond acceptors (Lipinski definition) is 5. The number of hydrogen-bond donors (Lipinski definition) is 1.